The summed E-state index contributed by atoms with van der Waals surface area (Å²) < 4.78 is 0. The van der Waals surface area contributed by atoms with Crippen LogP contribution in [-0.4, -0.2) is 20.2 Å². The largest absolute Gasteiger partial charge is 1.00 e. The van der Waals surface area contributed by atoms with E-state index in [2.05, 4.69) is 167 Å². The number of benzene rings is 4. The zero-order valence-electron chi connectivity index (χ0n) is 28.4. The Balaban J connectivity index is 0.000000772. The Morgan fingerprint density at radius 3 is 1.84 bits per heavy atom. The van der Waals surface area contributed by atoms with Gasteiger partial charge in [0.2, 0.25) is 0 Å². The van der Waals surface area contributed by atoms with E-state index in [0.717, 1.165) is 25.7 Å². The van der Waals surface area contributed by atoms with E-state index in [1.54, 1.807) is 11.1 Å². The predicted molar refractivity (Wildman–Crippen MR) is 221 cm³/mol. The minimum atomic E-state index is 0. The Hall–Kier alpha value is 0.401. The van der Waals surface area contributed by atoms with E-state index < -0.39 is 0 Å². The van der Waals surface area contributed by atoms with Gasteiger partial charge in [-0.2, -0.15) is 0 Å². The smallest absolute Gasteiger partial charge is 1.00 e. The van der Waals surface area contributed by atoms with Crippen LogP contribution in [0.5, 0.6) is 0 Å². The summed E-state index contributed by atoms with van der Waals surface area (Å²) in [5, 5.41) is 3.80. The summed E-state index contributed by atoms with van der Waals surface area (Å²) in [5.74, 6) is 0. The van der Waals surface area contributed by atoms with Crippen LogP contribution in [0.25, 0.3) is 0 Å². The van der Waals surface area contributed by atoms with Crippen molar-refractivity contribution < 1.29 is 52.8 Å². The molecule has 2 aliphatic carbocycles. The summed E-state index contributed by atoms with van der Waals surface area (Å²) in [5.41, 5.74) is 13.0. The molecule has 0 unspecified atom stereocenters. The van der Waals surface area contributed by atoms with Crippen LogP contribution in [0.3, 0.4) is 0 Å². The summed E-state index contributed by atoms with van der Waals surface area (Å²) in [6.45, 7) is 8.90. The van der Waals surface area contributed by atoms with Crippen LogP contribution in [0.15, 0.2) is 102 Å². The predicted octanol–water partition coefficient (Wildman–Crippen LogP) is 8.01. The number of halogens is 3. The number of nitrogens with zero attached hydrogens (tertiary/aromatic N) is 1. The maximum Gasteiger partial charge on any atom is 1.00 e. The first kappa shape index (κ1) is 43.4. The summed E-state index contributed by atoms with van der Waals surface area (Å²) in [6, 6.07) is 35.9. The van der Waals surface area contributed by atoms with Crippen molar-refractivity contribution in [3.05, 3.63) is 142 Å². The third-order valence-corrected chi connectivity index (χ3v) is 8.73. The summed E-state index contributed by atoms with van der Waals surface area (Å²) in [6.07, 6.45) is 6.88. The molecule has 0 spiro atoms. The van der Waals surface area contributed by atoms with Gasteiger partial charge in [-0.15, -0.1) is 24.0 Å². The Morgan fingerprint density at radius 2 is 1.24 bits per heavy atom. The van der Waals surface area contributed by atoms with Crippen molar-refractivity contribution in [1.82, 2.24) is 5.32 Å². The summed E-state index contributed by atoms with van der Waals surface area (Å²) in [4.78, 5) is 4.95. The maximum atomic E-state index is 4.95. The molecule has 0 fully saturated rings. The fraction of sp³-hybridized carbons (Fsp3) is 0.342. The molecule has 2 nitrogen and oxygen atoms in total. The van der Waals surface area contributed by atoms with Crippen molar-refractivity contribution in [2.45, 2.75) is 84.3 Å². The van der Waals surface area contributed by atoms with Crippen molar-refractivity contribution in [2.75, 3.05) is 0 Å². The van der Waals surface area contributed by atoms with Crippen LogP contribution in [-0.2, 0) is 25.7 Å². The molecule has 6 rings (SSSR count). The average molecular weight is 961 g/mol. The molecule has 0 saturated heterocycles. The van der Waals surface area contributed by atoms with Gasteiger partial charge >= 0.3 is 51.4 Å². The minimum absolute atomic E-state index is 0. The monoisotopic (exact) mass is 961 g/mol. The van der Waals surface area contributed by atoms with Gasteiger partial charge in [-0.25, -0.2) is 0 Å². The molecule has 0 aromatic heterocycles. The molecule has 0 heterocycles. The van der Waals surface area contributed by atoms with Gasteiger partial charge in [0.25, 0.3) is 0 Å². The molecule has 4 aromatic carbocycles. The fourth-order valence-electron chi connectivity index (χ4n) is 6.39. The molecule has 4 aromatic rings. The number of aryl methyl sites for hydroxylation is 2. The first-order valence-corrected chi connectivity index (χ1v) is 21.5. The third kappa shape index (κ3) is 13.0. The molecule has 3 atom stereocenters. The first-order chi connectivity index (χ1) is 20.5. The molecule has 1 N–H and O–H groups in total. The van der Waals surface area contributed by atoms with E-state index in [4.69, 9.17) is 4.99 Å². The topological polar surface area (TPSA) is 24.4 Å². The standard InChI is InChI=1S/C19H23N.C19H21N.B.I2.HI.K.H/c2*1-14-7-6-10-17-13-18(11-12-19(14)17)20-15(2)16-8-4-3-5-9-16;;1-2;;;/h3-10,15,18,20H,11-13H2,1-2H3;3-10,15H,11-13H2,1-2H3;;;1H;;/q;;;;;+1;-1/t15-,18+;15-;;;;;/m11...../s1. The number of fused-ring (bicyclic) bond motifs is 2. The van der Waals surface area contributed by atoms with Crippen LogP contribution in [0.4, 0.5) is 0 Å². The van der Waals surface area contributed by atoms with Crippen LogP contribution >= 0.6 is 61.2 Å². The van der Waals surface area contributed by atoms with Gasteiger partial charge in [-0.3, -0.25) is 4.99 Å². The quantitative estimate of drug-likeness (QED) is 0.159. The van der Waals surface area contributed by atoms with Crippen LogP contribution < -0.4 is 56.7 Å². The second kappa shape index (κ2) is 22.9. The Labute approximate surface area is 359 Å². The van der Waals surface area contributed by atoms with Gasteiger partial charge in [0, 0.05) is 69.9 Å². The molecular weight excluding hydrogens is 915 g/mol. The van der Waals surface area contributed by atoms with Crippen LogP contribution in [0.2, 0.25) is 0 Å². The number of rotatable bonds is 5. The number of hydrogen-bond donors (Lipinski definition) is 1. The van der Waals surface area contributed by atoms with Gasteiger partial charge < -0.3 is 6.74 Å². The van der Waals surface area contributed by atoms with Crippen molar-refractivity contribution in [1.29, 1.82) is 0 Å². The molecule has 233 valence electrons. The SMILES string of the molecule is Cc1cccc2c1CCC(=N[C@H](C)c1ccccc1)C2.Cc1cccc2c1CC[C@H](N[C@H](C)c1ccccc1)C2.I.II.[B].[H-].[K+]. The number of hydrogen-bond acceptors (Lipinski definition) is 2. The van der Waals surface area contributed by atoms with Crippen molar-refractivity contribution in [2.24, 2.45) is 4.99 Å². The minimum Gasteiger partial charge on any atom is -1.00 e. The summed E-state index contributed by atoms with van der Waals surface area (Å²) >= 11 is 4.24. The number of nitrogens with one attached hydrogen (secondary N) is 1. The molecule has 7 heteroatoms. The van der Waals surface area contributed by atoms with E-state index in [-0.39, 0.29) is 91.2 Å². The van der Waals surface area contributed by atoms with Crippen LogP contribution in [0.1, 0.15) is 84.7 Å². The molecular formula is C38H46BI3KN2. The van der Waals surface area contributed by atoms with Gasteiger partial charge in [0.1, 0.15) is 0 Å². The molecule has 0 saturated carbocycles. The average Bonchev–Trinajstić information content (AvgIpc) is 3.03. The molecule has 2 aliphatic rings. The van der Waals surface area contributed by atoms with E-state index >= 15 is 0 Å². The van der Waals surface area contributed by atoms with E-state index in [1.165, 1.54) is 51.9 Å². The van der Waals surface area contributed by atoms with Gasteiger partial charge in [0.15, 0.2) is 0 Å². The van der Waals surface area contributed by atoms with Gasteiger partial charge in [-0.05, 0) is 104 Å². The number of aliphatic imine (C=N–C) groups is 1. The van der Waals surface area contributed by atoms with E-state index in [9.17, 15) is 0 Å². The van der Waals surface area contributed by atoms with Crippen LogP contribution in [0, 0.1) is 13.8 Å². The molecule has 0 amide bonds. The second-order valence-corrected chi connectivity index (χ2v) is 11.6. The van der Waals surface area contributed by atoms with E-state index in [0.29, 0.717) is 12.1 Å². The summed E-state index contributed by atoms with van der Waals surface area (Å²) in [7, 11) is 0. The van der Waals surface area contributed by atoms with E-state index in [1.807, 2.05) is 0 Å². The Kier molecular flexibility index (Phi) is 22.1. The van der Waals surface area contributed by atoms with Crippen molar-refractivity contribution in [3.8, 4) is 0 Å². The second-order valence-electron chi connectivity index (χ2n) is 11.6. The van der Waals surface area contributed by atoms with Crippen molar-refractivity contribution >= 4 is 75.3 Å². The zero-order chi connectivity index (χ0) is 29.9. The van der Waals surface area contributed by atoms with Gasteiger partial charge in [0.05, 0.1) is 6.04 Å². The van der Waals surface area contributed by atoms with Crippen molar-refractivity contribution in [3.63, 3.8) is 0 Å². The Morgan fingerprint density at radius 1 is 0.711 bits per heavy atom. The fourth-order valence-corrected chi connectivity index (χ4v) is 6.39. The molecule has 0 aliphatic heterocycles. The maximum absolute atomic E-state index is 4.95. The zero-order valence-corrected chi connectivity index (χ0v) is 37.2. The normalized spacial score (nSPS) is 16.7. The molecule has 3 radical (unpaired) electrons. The molecule has 0 bridgehead atoms. The third-order valence-electron chi connectivity index (χ3n) is 8.73. The molecule has 45 heavy (non-hydrogen) atoms. The van der Waals surface area contributed by atoms with Gasteiger partial charge in [-0.1, -0.05) is 97.1 Å². The Bertz CT molecular complexity index is 1460. The first-order valence-electron chi connectivity index (χ1n) is 15.2.